The molecule has 1 N–H and O–H groups in total. The zero-order valence-corrected chi connectivity index (χ0v) is 8.77. The normalized spacial score (nSPS) is 9.33. The van der Waals surface area contributed by atoms with E-state index in [4.69, 9.17) is 0 Å². The van der Waals surface area contributed by atoms with E-state index in [9.17, 15) is 5.11 Å². The first kappa shape index (κ1) is 9.78. The van der Waals surface area contributed by atoms with Gasteiger partial charge in [-0.1, -0.05) is 18.2 Å². The van der Waals surface area contributed by atoms with Gasteiger partial charge in [0.25, 0.3) is 0 Å². The van der Waals surface area contributed by atoms with Crippen LogP contribution in [0.3, 0.4) is 0 Å². The quantitative estimate of drug-likeness (QED) is 0.632. The molecule has 3 heteroatoms. The first-order chi connectivity index (χ1) is 5.38. The Morgan fingerprint density at radius 2 is 1.83 bits per heavy atom. The Kier molecular flexibility index (Phi) is 3.32. The second-order valence-electron chi connectivity index (χ2n) is 2.35. The van der Waals surface area contributed by atoms with E-state index in [1.54, 1.807) is 18.3 Å². The number of aromatic nitrogens is 1. The summed E-state index contributed by atoms with van der Waals surface area (Å²) in [6, 6.07) is 9.13. The fourth-order valence-corrected chi connectivity index (χ4v) is 1.09. The summed E-state index contributed by atoms with van der Waals surface area (Å²) >= 11 is 0. The summed E-state index contributed by atoms with van der Waals surface area (Å²) < 4.78 is 0. The van der Waals surface area contributed by atoms with Crippen LogP contribution in [0.4, 0.5) is 0 Å². The number of benzene rings is 1. The molecule has 0 bridgehead atoms. The minimum atomic E-state index is 0. The Bertz CT molecular complexity index is 384. The van der Waals surface area contributed by atoms with E-state index >= 15 is 0 Å². The predicted molar refractivity (Wildman–Crippen MR) is 49.2 cm³/mol. The van der Waals surface area contributed by atoms with Crippen molar-refractivity contribution in [3.05, 3.63) is 36.5 Å². The van der Waals surface area contributed by atoms with Crippen molar-refractivity contribution in [1.82, 2.24) is 4.98 Å². The molecule has 0 spiro atoms. The van der Waals surface area contributed by atoms with Crippen LogP contribution in [0.5, 0.6) is 5.75 Å². The zero-order valence-electron chi connectivity index (χ0n) is 6.57. The van der Waals surface area contributed by atoms with Crippen molar-refractivity contribution in [3.8, 4) is 5.75 Å². The average molecular weight is 185 g/mol. The third-order valence-corrected chi connectivity index (χ3v) is 1.61. The number of pyridine rings is 1. The molecule has 0 aliphatic carbocycles. The second kappa shape index (κ2) is 4.08. The van der Waals surface area contributed by atoms with Gasteiger partial charge in [-0.3, -0.25) is 4.98 Å². The van der Waals surface area contributed by atoms with Crippen LogP contribution in [0, 0.1) is 0 Å². The van der Waals surface area contributed by atoms with Crippen LogP contribution in [0.25, 0.3) is 10.9 Å². The molecular formula is C9H7CaNO. The fraction of sp³-hybridized carbons (Fsp3) is 0. The Balaban J connectivity index is 0.000000720. The van der Waals surface area contributed by atoms with Gasteiger partial charge in [0, 0.05) is 49.3 Å². The number of hydrogen-bond acceptors (Lipinski definition) is 2. The standard InChI is InChI=1S/C9H7NO.Ca/c11-8-5-1-3-7-4-2-6-10-9(7)8;/h1-6,11H;. The maximum Gasteiger partial charge on any atom is 0.141 e. The summed E-state index contributed by atoms with van der Waals surface area (Å²) in [5.41, 5.74) is 0.662. The van der Waals surface area contributed by atoms with Crippen molar-refractivity contribution in [3.63, 3.8) is 0 Å². The molecule has 2 aromatic rings. The predicted octanol–water partition coefficient (Wildman–Crippen LogP) is 1.56. The van der Waals surface area contributed by atoms with E-state index in [1.165, 1.54) is 0 Å². The Labute approximate surface area is 100 Å². The molecule has 0 aliphatic rings. The van der Waals surface area contributed by atoms with E-state index < -0.39 is 0 Å². The number of phenolic OH excluding ortho intramolecular Hbond substituents is 1. The summed E-state index contributed by atoms with van der Waals surface area (Å²) in [6.45, 7) is 0. The number of aromatic hydroxyl groups is 1. The van der Waals surface area contributed by atoms with E-state index in [0.717, 1.165) is 5.39 Å². The average Bonchev–Trinajstić information content (AvgIpc) is 2.06. The third-order valence-electron chi connectivity index (χ3n) is 1.61. The molecule has 0 atom stereocenters. The number of para-hydroxylation sites is 1. The summed E-state index contributed by atoms with van der Waals surface area (Å²) in [4.78, 5) is 4.03. The summed E-state index contributed by atoms with van der Waals surface area (Å²) in [7, 11) is 0. The van der Waals surface area contributed by atoms with Gasteiger partial charge in [-0.05, 0) is 12.1 Å². The Morgan fingerprint density at radius 3 is 2.58 bits per heavy atom. The van der Waals surface area contributed by atoms with Crippen molar-refractivity contribution in [1.29, 1.82) is 0 Å². The van der Waals surface area contributed by atoms with E-state index in [2.05, 4.69) is 4.98 Å². The van der Waals surface area contributed by atoms with Gasteiger partial charge >= 0.3 is 0 Å². The van der Waals surface area contributed by atoms with Crippen LogP contribution in [-0.4, -0.2) is 47.8 Å². The first-order valence-electron chi connectivity index (χ1n) is 3.40. The van der Waals surface area contributed by atoms with Crippen LogP contribution in [0.2, 0.25) is 0 Å². The molecule has 0 amide bonds. The molecule has 0 aliphatic heterocycles. The number of rotatable bonds is 0. The van der Waals surface area contributed by atoms with Gasteiger partial charge in [0.2, 0.25) is 0 Å². The SMILES string of the molecule is Oc1cccc2cccnc12.[Ca]. The first-order valence-corrected chi connectivity index (χ1v) is 3.40. The van der Waals surface area contributed by atoms with Crippen LogP contribution in [0.15, 0.2) is 36.5 Å². The van der Waals surface area contributed by atoms with Crippen molar-refractivity contribution in [2.75, 3.05) is 0 Å². The molecule has 0 saturated heterocycles. The Morgan fingerprint density at radius 1 is 1.08 bits per heavy atom. The molecule has 0 unspecified atom stereocenters. The molecule has 0 saturated carbocycles. The number of phenols is 1. The molecule has 0 fully saturated rings. The summed E-state index contributed by atoms with van der Waals surface area (Å²) in [5.74, 6) is 0.239. The molecule has 2 radical (unpaired) electrons. The minimum absolute atomic E-state index is 0. The molecular weight excluding hydrogens is 178 g/mol. The largest absolute Gasteiger partial charge is 0.506 e. The maximum atomic E-state index is 9.31. The Hall–Kier alpha value is -0.310. The van der Waals surface area contributed by atoms with E-state index in [0.29, 0.717) is 5.52 Å². The molecule has 2 rings (SSSR count). The number of nitrogens with zero attached hydrogens (tertiary/aromatic N) is 1. The smallest absolute Gasteiger partial charge is 0.141 e. The third kappa shape index (κ3) is 1.71. The maximum absolute atomic E-state index is 9.31. The molecule has 1 aromatic carbocycles. The number of hydrogen-bond donors (Lipinski definition) is 1. The van der Waals surface area contributed by atoms with Gasteiger partial charge in [0.15, 0.2) is 0 Å². The van der Waals surface area contributed by atoms with Crippen LogP contribution in [-0.2, 0) is 0 Å². The molecule has 1 heterocycles. The van der Waals surface area contributed by atoms with Gasteiger partial charge in [-0.15, -0.1) is 0 Å². The zero-order chi connectivity index (χ0) is 7.68. The fourth-order valence-electron chi connectivity index (χ4n) is 1.09. The second-order valence-corrected chi connectivity index (χ2v) is 2.35. The summed E-state index contributed by atoms with van der Waals surface area (Å²) in [5, 5.41) is 10.3. The van der Waals surface area contributed by atoms with Gasteiger partial charge in [0.1, 0.15) is 11.3 Å². The van der Waals surface area contributed by atoms with Crippen molar-refractivity contribution in [2.24, 2.45) is 0 Å². The van der Waals surface area contributed by atoms with Crippen molar-refractivity contribution in [2.45, 2.75) is 0 Å². The molecule has 12 heavy (non-hydrogen) atoms. The topological polar surface area (TPSA) is 33.1 Å². The van der Waals surface area contributed by atoms with Crippen LogP contribution < -0.4 is 0 Å². The van der Waals surface area contributed by atoms with Crippen molar-refractivity contribution < 1.29 is 5.11 Å². The van der Waals surface area contributed by atoms with Gasteiger partial charge in [0.05, 0.1) is 0 Å². The van der Waals surface area contributed by atoms with Gasteiger partial charge in [-0.25, -0.2) is 0 Å². The van der Waals surface area contributed by atoms with Gasteiger partial charge < -0.3 is 5.11 Å². The minimum Gasteiger partial charge on any atom is -0.506 e. The molecule has 56 valence electrons. The van der Waals surface area contributed by atoms with E-state index in [1.807, 2.05) is 18.2 Å². The van der Waals surface area contributed by atoms with Crippen LogP contribution >= 0.6 is 0 Å². The monoisotopic (exact) mass is 185 g/mol. The molecule has 1 aromatic heterocycles. The summed E-state index contributed by atoms with van der Waals surface area (Å²) in [6.07, 6.45) is 1.67. The van der Waals surface area contributed by atoms with Crippen LogP contribution in [0.1, 0.15) is 0 Å². The van der Waals surface area contributed by atoms with E-state index in [-0.39, 0.29) is 43.5 Å². The van der Waals surface area contributed by atoms with Gasteiger partial charge in [-0.2, -0.15) is 0 Å². The van der Waals surface area contributed by atoms with Crippen molar-refractivity contribution >= 4 is 48.6 Å². The molecule has 2 nitrogen and oxygen atoms in total. The number of fused-ring (bicyclic) bond motifs is 1.